The highest BCUT2D eigenvalue weighted by Crippen LogP contribution is 2.29. The molecule has 16 heavy (non-hydrogen) atoms. The quantitative estimate of drug-likeness (QED) is 0.752. The maximum Gasteiger partial charge on any atom is 0.236 e. The van der Waals surface area contributed by atoms with E-state index in [1.54, 1.807) is 0 Å². The minimum Gasteiger partial charge on any atom is -0.354 e. The van der Waals surface area contributed by atoms with E-state index in [0.717, 1.165) is 18.9 Å². The molecular weight excluding hydrogens is 200 g/mol. The number of hydrogen-bond acceptors (Lipinski definition) is 2. The third-order valence-corrected chi connectivity index (χ3v) is 3.43. The fraction of sp³-hybridized carbons (Fsp3) is 0.923. The number of nitrogens with one attached hydrogen (secondary N) is 1. The van der Waals surface area contributed by atoms with Gasteiger partial charge in [0.25, 0.3) is 0 Å². The summed E-state index contributed by atoms with van der Waals surface area (Å²) in [5.74, 6) is 2.00. The smallest absolute Gasteiger partial charge is 0.236 e. The van der Waals surface area contributed by atoms with Crippen molar-refractivity contribution in [2.45, 2.75) is 52.5 Å². The Labute approximate surface area is 99.2 Å². The predicted octanol–water partition coefficient (Wildman–Crippen LogP) is 1.91. The van der Waals surface area contributed by atoms with Crippen molar-refractivity contribution in [3.8, 4) is 0 Å². The zero-order valence-corrected chi connectivity index (χ0v) is 10.8. The zero-order valence-electron chi connectivity index (χ0n) is 10.8. The van der Waals surface area contributed by atoms with E-state index in [1.807, 2.05) is 0 Å². The summed E-state index contributed by atoms with van der Waals surface area (Å²) in [4.78, 5) is 11.7. The van der Waals surface area contributed by atoms with Gasteiger partial charge < -0.3 is 11.1 Å². The third kappa shape index (κ3) is 4.52. The molecule has 3 N–H and O–H groups in total. The summed E-state index contributed by atoms with van der Waals surface area (Å²) >= 11 is 0. The molecular formula is C13H26N2O. The fourth-order valence-electron chi connectivity index (χ4n) is 2.50. The van der Waals surface area contributed by atoms with E-state index in [4.69, 9.17) is 5.73 Å². The summed E-state index contributed by atoms with van der Waals surface area (Å²) in [6.07, 6.45) is 4.58. The molecule has 0 heterocycles. The maximum absolute atomic E-state index is 11.7. The van der Waals surface area contributed by atoms with Gasteiger partial charge in [0.1, 0.15) is 0 Å². The van der Waals surface area contributed by atoms with Crippen LogP contribution in [0.1, 0.15) is 46.5 Å². The van der Waals surface area contributed by atoms with Crippen LogP contribution < -0.4 is 11.1 Å². The van der Waals surface area contributed by atoms with E-state index in [9.17, 15) is 4.79 Å². The predicted molar refractivity (Wildman–Crippen MR) is 66.9 cm³/mol. The summed E-state index contributed by atoms with van der Waals surface area (Å²) in [7, 11) is 0. The number of carbonyl (C=O) groups is 1. The van der Waals surface area contributed by atoms with Gasteiger partial charge in [-0.15, -0.1) is 0 Å². The largest absolute Gasteiger partial charge is 0.354 e. The van der Waals surface area contributed by atoms with E-state index in [2.05, 4.69) is 26.1 Å². The van der Waals surface area contributed by atoms with E-state index in [1.165, 1.54) is 19.3 Å². The first kappa shape index (κ1) is 13.5. The number of amides is 1. The molecule has 1 aliphatic carbocycles. The summed E-state index contributed by atoms with van der Waals surface area (Å²) in [5.41, 5.74) is 5.82. The number of carbonyl (C=O) groups excluding carboxylic acids is 1. The molecule has 1 rings (SSSR count). The highest BCUT2D eigenvalue weighted by atomic mass is 16.2. The second-order valence-electron chi connectivity index (χ2n) is 5.77. The molecule has 3 heteroatoms. The minimum absolute atomic E-state index is 0.0215. The molecule has 3 atom stereocenters. The lowest BCUT2D eigenvalue weighted by atomic mass is 10.0. The van der Waals surface area contributed by atoms with Crippen LogP contribution in [0.2, 0.25) is 0 Å². The third-order valence-electron chi connectivity index (χ3n) is 3.43. The number of rotatable bonds is 5. The van der Waals surface area contributed by atoms with Crippen molar-refractivity contribution in [1.29, 1.82) is 0 Å². The van der Waals surface area contributed by atoms with Crippen LogP contribution in [0.15, 0.2) is 0 Å². The van der Waals surface area contributed by atoms with Crippen LogP contribution in [0.5, 0.6) is 0 Å². The molecule has 0 spiro atoms. The van der Waals surface area contributed by atoms with Crippen molar-refractivity contribution < 1.29 is 4.79 Å². The molecule has 0 aromatic carbocycles. The van der Waals surface area contributed by atoms with E-state index < -0.39 is 0 Å². The molecule has 3 nitrogen and oxygen atoms in total. The van der Waals surface area contributed by atoms with Crippen molar-refractivity contribution in [3.05, 3.63) is 0 Å². The summed E-state index contributed by atoms with van der Waals surface area (Å²) in [6.45, 7) is 7.28. The molecule has 1 saturated carbocycles. The van der Waals surface area contributed by atoms with Crippen molar-refractivity contribution in [3.63, 3.8) is 0 Å². The van der Waals surface area contributed by atoms with Gasteiger partial charge in [-0.2, -0.15) is 0 Å². The summed E-state index contributed by atoms with van der Waals surface area (Å²) < 4.78 is 0. The Morgan fingerprint density at radius 2 is 2.12 bits per heavy atom. The van der Waals surface area contributed by atoms with Crippen molar-refractivity contribution in [1.82, 2.24) is 5.32 Å². The molecule has 1 aliphatic rings. The van der Waals surface area contributed by atoms with Crippen LogP contribution in [0.25, 0.3) is 0 Å². The van der Waals surface area contributed by atoms with Gasteiger partial charge in [-0.25, -0.2) is 0 Å². The fourth-order valence-corrected chi connectivity index (χ4v) is 2.50. The van der Waals surface area contributed by atoms with Gasteiger partial charge >= 0.3 is 0 Å². The Morgan fingerprint density at radius 3 is 2.62 bits per heavy atom. The lowest BCUT2D eigenvalue weighted by molar-refractivity contribution is -0.122. The molecule has 0 radical (unpaired) electrons. The Morgan fingerprint density at radius 1 is 1.44 bits per heavy atom. The Hall–Kier alpha value is -0.570. The van der Waals surface area contributed by atoms with Gasteiger partial charge in [-0.3, -0.25) is 4.79 Å². The Kier molecular flexibility index (Phi) is 5.26. The lowest BCUT2D eigenvalue weighted by Crippen LogP contribution is -2.42. The first-order valence-corrected chi connectivity index (χ1v) is 6.52. The molecule has 94 valence electrons. The molecule has 0 aliphatic heterocycles. The summed E-state index contributed by atoms with van der Waals surface area (Å²) in [6, 6.07) is -0.334. The topological polar surface area (TPSA) is 55.1 Å². The van der Waals surface area contributed by atoms with Crippen LogP contribution >= 0.6 is 0 Å². The Bertz CT molecular complexity index is 228. The zero-order chi connectivity index (χ0) is 12.1. The van der Waals surface area contributed by atoms with Crippen LogP contribution in [0, 0.1) is 17.8 Å². The van der Waals surface area contributed by atoms with Crippen LogP contribution in [-0.4, -0.2) is 18.5 Å². The standard InChI is InChI=1S/C13H26N2O/c1-9(2)6-12(14)13(16)15-8-11-5-4-10(3)7-11/h9-12H,4-8,14H2,1-3H3,(H,15,16)/t10?,11?,12-/m0/s1. The van der Waals surface area contributed by atoms with Crippen molar-refractivity contribution in [2.75, 3.05) is 6.54 Å². The van der Waals surface area contributed by atoms with E-state index in [0.29, 0.717) is 11.8 Å². The van der Waals surface area contributed by atoms with Crippen LogP contribution in [-0.2, 0) is 4.79 Å². The number of hydrogen-bond donors (Lipinski definition) is 2. The van der Waals surface area contributed by atoms with Gasteiger partial charge in [-0.05, 0) is 37.0 Å². The van der Waals surface area contributed by atoms with Crippen molar-refractivity contribution in [2.24, 2.45) is 23.5 Å². The molecule has 0 aromatic heterocycles. The second kappa shape index (κ2) is 6.24. The highest BCUT2D eigenvalue weighted by molar-refractivity contribution is 5.81. The first-order valence-electron chi connectivity index (χ1n) is 6.52. The van der Waals surface area contributed by atoms with Crippen LogP contribution in [0.3, 0.4) is 0 Å². The highest BCUT2D eigenvalue weighted by Gasteiger charge is 2.22. The van der Waals surface area contributed by atoms with Crippen LogP contribution in [0.4, 0.5) is 0 Å². The van der Waals surface area contributed by atoms with Gasteiger partial charge in [0.2, 0.25) is 5.91 Å². The van der Waals surface area contributed by atoms with Gasteiger partial charge in [0, 0.05) is 6.54 Å². The summed E-state index contributed by atoms with van der Waals surface area (Å²) in [5, 5.41) is 2.99. The van der Waals surface area contributed by atoms with Crippen molar-refractivity contribution >= 4 is 5.91 Å². The second-order valence-corrected chi connectivity index (χ2v) is 5.77. The average Bonchev–Trinajstić information content (AvgIpc) is 2.59. The number of nitrogens with two attached hydrogens (primary N) is 1. The monoisotopic (exact) mass is 226 g/mol. The molecule has 1 amide bonds. The molecule has 1 fully saturated rings. The minimum atomic E-state index is -0.334. The van der Waals surface area contributed by atoms with Gasteiger partial charge in [0.05, 0.1) is 6.04 Å². The molecule has 2 unspecified atom stereocenters. The lowest BCUT2D eigenvalue weighted by Gasteiger charge is -2.16. The normalized spacial score (nSPS) is 27.1. The van der Waals surface area contributed by atoms with E-state index >= 15 is 0 Å². The SMILES string of the molecule is CC(C)C[C@H](N)C(=O)NCC1CCC(C)C1. The average molecular weight is 226 g/mol. The Balaban J connectivity index is 2.19. The first-order chi connectivity index (χ1) is 7.49. The maximum atomic E-state index is 11.7. The molecule has 0 bridgehead atoms. The molecule has 0 saturated heterocycles. The molecule has 0 aromatic rings. The van der Waals surface area contributed by atoms with Gasteiger partial charge in [-0.1, -0.05) is 27.2 Å². The van der Waals surface area contributed by atoms with Gasteiger partial charge in [0.15, 0.2) is 0 Å². The van der Waals surface area contributed by atoms with E-state index in [-0.39, 0.29) is 11.9 Å².